The maximum absolute atomic E-state index is 11.4. The van der Waals surface area contributed by atoms with Gasteiger partial charge in [0.1, 0.15) is 5.78 Å². The average molecular weight is 251 g/mol. The van der Waals surface area contributed by atoms with Gasteiger partial charge in [-0.1, -0.05) is 0 Å². The molecule has 3 rings (SSSR count). The normalized spacial score (nSPS) is 34.3. The van der Waals surface area contributed by atoms with Gasteiger partial charge < -0.3 is 9.64 Å². The van der Waals surface area contributed by atoms with Crippen molar-refractivity contribution in [2.24, 2.45) is 17.3 Å². The first kappa shape index (κ1) is 12.6. The van der Waals surface area contributed by atoms with Crippen LogP contribution in [0.2, 0.25) is 0 Å². The largest absolute Gasteiger partial charge is 0.380 e. The summed E-state index contributed by atoms with van der Waals surface area (Å²) >= 11 is 0. The van der Waals surface area contributed by atoms with Crippen LogP contribution >= 0.6 is 0 Å². The first-order valence-electron chi connectivity index (χ1n) is 7.49. The number of likely N-dealkylation sites (tertiary alicyclic amines) is 1. The van der Waals surface area contributed by atoms with Gasteiger partial charge in [0.2, 0.25) is 0 Å². The third-order valence-corrected chi connectivity index (χ3v) is 5.54. The van der Waals surface area contributed by atoms with Crippen molar-refractivity contribution < 1.29 is 9.53 Å². The Morgan fingerprint density at radius 1 is 1.17 bits per heavy atom. The first-order valence-corrected chi connectivity index (χ1v) is 7.49. The zero-order valence-corrected chi connectivity index (χ0v) is 11.5. The predicted molar refractivity (Wildman–Crippen MR) is 70.4 cm³/mol. The number of carbonyl (C=O) groups excluding carboxylic acids is 1. The highest BCUT2D eigenvalue weighted by molar-refractivity contribution is 5.79. The third kappa shape index (κ3) is 2.12. The number of ether oxygens (including phenoxy) is 1. The number of Topliss-reactive ketones (excluding diaryl/α,β-unsaturated/α-hetero) is 1. The minimum Gasteiger partial charge on any atom is -0.380 e. The topological polar surface area (TPSA) is 29.5 Å². The zero-order chi connectivity index (χ0) is 12.6. The fourth-order valence-electron chi connectivity index (χ4n) is 4.29. The second-order valence-electron chi connectivity index (χ2n) is 6.64. The minimum absolute atomic E-state index is 0.412. The molecular formula is C15H25NO2. The van der Waals surface area contributed by atoms with Gasteiger partial charge >= 0.3 is 0 Å². The number of hydrogen-bond donors (Lipinski definition) is 0. The van der Waals surface area contributed by atoms with Crippen molar-refractivity contribution in [3.63, 3.8) is 0 Å². The Kier molecular flexibility index (Phi) is 3.46. The lowest BCUT2D eigenvalue weighted by Gasteiger charge is -2.55. The van der Waals surface area contributed by atoms with E-state index in [9.17, 15) is 4.79 Å². The zero-order valence-electron chi connectivity index (χ0n) is 11.5. The van der Waals surface area contributed by atoms with E-state index >= 15 is 0 Å². The number of piperidine rings is 1. The van der Waals surface area contributed by atoms with Crippen LogP contribution in [0.25, 0.3) is 0 Å². The molecule has 3 nitrogen and oxygen atoms in total. The highest BCUT2D eigenvalue weighted by Gasteiger charge is 2.51. The van der Waals surface area contributed by atoms with E-state index in [-0.39, 0.29) is 0 Å². The van der Waals surface area contributed by atoms with E-state index in [1.807, 2.05) is 0 Å². The van der Waals surface area contributed by atoms with Gasteiger partial charge in [0, 0.05) is 24.8 Å². The van der Waals surface area contributed by atoms with Crippen LogP contribution in [0, 0.1) is 17.3 Å². The number of hydrogen-bond acceptors (Lipinski definition) is 3. The van der Waals surface area contributed by atoms with Crippen LogP contribution in [0.1, 0.15) is 38.5 Å². The monoisotopic (exact) mass is 251 g/mol. The molecule has 1 saturated carbocycles. The van der Waals surface area contributed by atoms with Gasteiger partial charge in [0.05, 0.1) is 13.2 Å². The molecule has 0 radical (unpaired) electrons. The Labute approximate surface area is 110 Å². The van der Waals surface area contributed by atoms with E-state index in [0.29, 0.717) is 11.2 Å². The third-order valence-electron chi connectivity index (χ3n) is 5.54. The lowest BCUT2D eigenvalue weighted by molar-refractivity contribution is -0.193. The Morgan fingerprint density at radius 3 is 2.44 bits per heavy atom. The fraction of sp³-hybridized carbons (Fsp3) is 0.933. The number of carbonyl (C=O) groups is 1. The molecule has 3 heteroatoms. The molecular weight excluding hydrogens is 226 g/mol. The second kappa shape index (κ2) is 4.93. The van der Waals surface area contributed by atoms with Gasteiger partial charge in [-0.3, -0.25) is 4.79 Å². The van der Waals surface area contributed by atoms with E-state index < -0.39 is 0 Å². The molecule has 2 heterocycles. The molecule has 0 aromatic carbocycles. The highest BCUT2D eigenvalue weighted by Crippen LogP contribution is 2.50. The summed E-state index contributed by atoms with van der Waals surface area (Å²) in [5, 5.41) is 0. The molecule has 0 aromatic heterocycles. The van der Waals surface area contributed by atoms with Gasteiger partial charge in [-0.2, -0.15) is 0 Å². The summed E-state index contributed by atoms with van der Waals surface area (Å²) in [6.07, 6.45) is 6.54. The fourth-order valence-corrected chi connectivity index (χ4v) is 4.29. The van der Waals surface area contributed by atoms with Crippen LogP contribution in [0.3, 0.4) is 0 Å². The number of nitrogens with zero attached hydrogens (tertiary/aromatic N) is 1. The maximum Gasteiger partial charge on any atom is 0.132 e. The molecule has 0 amide bonds. The number of rotatable bonds is 2. The van der Waals surface area contributed by atoms with E-state index in [4.69, 9.17) is 4.74 Å². The van der Waals surface area contributed by atoms with Crippen molar-refractivity contribution in [2.45, 2.75) is 38.5 Å². The average Bonchev–Trinajstić information content (AvgIpc) is 2.30. The Morgan fingerprint density at radius 2 is 1.89 bits per heavy atom. The van der Waals surface area contributed by atoms with E-state index in [1.54, 1.807) is 0 Å². The van der Waals surface area contributed by atoms with Crippen molar-refractivity contribution in [1.82, 2.24) is 4.90 Å². The Balaban J connectivity index is 1.71. The smallest absolute Gasteiger partial charge is 0.132 e. The molecule has 3 aliphatic rings. The van der Waals surface area contributed by atoms with Gasteiger partial charge in [-0.25, -0.2) is 0 Å². The summed E-state index contributed by atoms with van der Waals surface area (Å²) < 4.78 is 5.60. The standard InChI is InChI=1S/C15H25NO2/c1-16-8-2-3-13(9-16)15(10-18-11-15)12-4-6-14(17)7-5-12/h12-13H,2-11H2,1H3. The molecule has 1 unspecified atom stereocenters. The van der Waals surface area contributed by atoms with Gasteiger partial charge in [0.25, 0.3) is 0 Å². The van der Waals surface area contributed by atoms with Crippen molar-refractivity contribution in [1.29, 1.82) is 0 Å². The van der Waals surface area contributed by atoms with Crippen molar-refractivity contribution in [3.8, 4) is 0 Å². The van der Waals surface area contributed by atoms with E-state index in [0.717, 1.165) is 50.7 Å². The summed E-state index contributed by atoms with van der Waals surface area (Å²) in [6.45, 7) is 4.37. The molecule has 1 atom stereocenters. The molecule has 18 heavy (non-hydrogen) atoms. The highest BCUT2D eigenvalue weighted by atomic mass is 16.5. The van der Waals surface area contributed by atoms with Gasteiger partial charge in [0.15, 0.2) is 0 Å². The van der Waals surface area contributed by atoms with Crippen LogP contribution in [0.15, 0.2) is 0 Å². The predicted octanol–water partition coefficient (Wildman–Crippen LogP) is 2.10. The summed E-state index contributed by atoms with van der Waals surface area (Å²) in [5.41, 5.74) is 0.412. The Hall–Kier alpha value is -0.410. The van der Waals surface area contributed by atoms with Crippen LogP contribution in [0.5, 0.6) is 0 Å². The van der Waals surface area contributed by atoms with Crippen LogP contribution in [-0.4, -0.2) is 44.0 Å². The van der Waals surface area contributed by atoms with Crippen molar-refractivity contribution >= 4 is 5.78 Å². The second-order valence-corrected chi connectivity index (χ2v) is 6.64. The lowest BCUT2D eigenvalue weighted by Crippen LogP contribution is -2.57. The van der Waals surface area contributed by atoms with Crippen LogP contribution in [-0.2, 0) is 9.53 Å². The molecule has 0 bridgehead atoms. The molecule has 2 saturated heterocycles. The lowest BCUT2D eigenvalue weighted by atomic mass is 9.59. The molecule has 2 aliphatic heterocycles. The summed E-state index contributed by atoms with van der Waals surface area (Å²) in [4.78, 5) is 13.9. The minimum atomic E-state index is 0.412. The SMILES string of the molecule is CN1CCCC(C2(C3CCC(=O)CC3)COC2)C1. The molecule has 3 fully saturated rings. The summed E-state index contributed by atoms with van der Waals surface area (Å²) in [5.74, 6) is 2.01. The molecule has 0 spiro atoms. The molecule has 0 N–H and O–H groups in total. The van der Waals surface area contributed by atoms with Gasteiger partial charge in [-0.05, 0) is 51.1 Å². The molecule has 102 valence electrons. The van der Waals surface area contributed by atoms with Crippen molar-refractivity contribution in [3.05, 3.63) is 0 Å². The quantitative estimate of drug-likeness (QED) is 0.753. The van der Waals surface area contributed by atoms with Gasteiger partial charge in [-0.15, -0.1) is 0 Å². The molecule has 0 aromatic rings. The van der Waals surface area contributed by atoms with E-state index in [2.05, 4.69) is 11.9 Å². The number of ketones is 1. The summed E-state index contributed by atoms with van der Waals surface area (Å²) in [7, 11) is 2.24. The maximum atomic E-state index is 11.4. The molecule has 1 aliphatic carbocycles. The van der Waals surface area contributed by atoms with Crippen LogP contribution in [0.4, 0.5) is 0 Å². The van der Waals surface area contributed by atoms with Crippen molar-refractivity contribution in [2.75, 3.05) is 33.4 Å². The first-order chi connectivity index (χ1) is 8.71. The Bertz CT molecular complexity index is 314. The van der Waals surface area contributed by atoms with Crippen LogP contribution < -0.4 is 0 Å². The summed E-state index contributed by atoms with van der Waals surface area (Å²) in [6, 6.07) is 0. The van der Waals surface area contributed by atoms with E-state index in [1.165, 1.54) is 25.9 Å².